The van der Waals surface area contributed by atoms with Crippen molar-refractivity contribution in [3.05, 3.63) is 23.3 Å². The first-order valence-corrected chi connectivity index (χ1v) is 4.92. The number of alkyl halides is 1. The van der Waals surface area contributed by atoms with E-state index in [-0.39, 0.29) is 17.4 Å². The van der Waals surface area contributed by atoms with E-state index in [4.69, 9.17) is 16.7 Å². The second kappa shape index (κ2) is 4.85. The quantitative estimate of drug-likeness (QED) is 0.707. The monoisotopic (exact) mass is 243 g/mol. The normalized spacial score (nSPS) is 9.88. The zero-order valence-electron chi connectivity index (χ0n) is 8.45. The van der Waals surface area contributed by atoms with Crippen LogP contribution in [0, 0.1) is 0 Å². The lowest BCUT2D eigenvalue weighted by molar-refractivity contribution is -0.114. The van der Waals surface area contributed by atoms with Crippen LogP contribution in [0.4, 0.5) is 5.69 Å². The van der Waals surface area contributed by atoms with Crippen LogP contribution < -0.4 is 5.32 Å². The zero-order chi connectivity index (χ0) is 12.3. The van der Waals surface area contributed by atoms with Gasteiger partial charge in [0.15, 0.2) is 0 Å². The van der Waals surface area contributed by atoms with E-state index in [1.165, 1.54) is 19.1 Å². The van der Waals surface area contributed by atoms with Crippen molar-refractivity contribution in [1.29, 1.82) is 0 Å². The number of anilines is 1. The number of carbonyl (C=O) groups is 2. The Morgan fingerprint density at radius 1 is 1.44 bits per heavy atom. The highest BCUT2D eigenvalue weighted by Gasteiger charge is 2.14. The van der Waals surface area contributed by atoms with Crippen molar-refractivity contribution in [3.8, 4) is 5.75 Å². The Kier molecular flexibility index (Phi) is 3.73. The van der Waals surface area contributed by atoms with Gasteiger partial charge in [0.25, 0.3) is 0 Å². The molecule has 0 saturated carbocycles. The average molecular weight is 244 g/mol. The predicted molar refractivity (Wildman–Crippen MR) is 58.9 cm³/mol. The van der Waals surface area contributed by atoms with Crippen LogP contribution in [-0.4, -0.2) is 22.1 Å². The Morgan fingerprint density at radius 2 is 2.06 bits per heavy atom. The number of nitrogens with one attached hydrogen (secondary N) is 1. The fourth-order valence-corrected chi connectivity index (χ4v) is 1.44. The Morgan fingerprint density at radius 3 is 2.50 bits per heavy atom. The number of carboxylic acids is 1. The summed E-state index contributed by atoms with van der Waals surface area (Å²) in [6, 6.07) is 2.40. The lowest BCUT2D eigenvalue weighted by atomic mass is 10.1. The molecule has 0 saturated heterocycles. The summed E-state index contributed by atoms with van der Waals surface area (Å²) in [7, 11) is 0. The summed E-state index contributed by atoms with van der Waals surface area (Å²) < 4.78 is 0. The van der Waals surface area contributed by atoms with E-state index in [1.807, 2.05) is 0 Å². The third-order valence-corrected chi connectivity index (χ3v) is 2.19. The third kappa shape index (κ3) is 2.64. The van der Waals surface area contributed by atoms with Crippen LogP contribution in [0.15, 0.2) is 12.1 Å². The SMILES string of the molecule is CC(=O)Nc1cc(O)c(C(=O)O)cc1CCl. The maximum Gasteiger partial charge on any atom is 0.339 e. The average Bonchev–Trinajstić information content (AvgIpc) is 2.16. The molecule has 1 aromatic rings. The Balaban J connectivity index is 3.26. The van der Waals surface area contributed by atoms with Gasteiger partial charge in [0.2, 0.25) is 5.91 Å². The second-order valence-corrected chi connectivity index (χ2v) is 3.41. The molecule has 1 rings (SSSR count). The van der Waals surface area contributed by atoms with E-state index in [0.29, 0.717) is 11.3 Å². The molecule has 86 valence electrons. The van der Waals surface area contributed by atoms with Crippen LogP contribution >= 0.6 is 11.6 Å². The van der Waals surface area contributed by atoms with Crippen molar-refractivity contribution in [1.82, 2.24) is 0 Å². The molecule has 0 heterocycles. The van der Waals surface area contributed by atoms with Crippen LogP contribution in [0.2, 0.25) is 0 Å². The molecule has 0 aliphatic heterocycles. The van der Waals surface area contributed by atoms with Gasteiger partial charge in [-0.3, -0.25) is 4.79 Å². The topological polar surface area (TPSA) is 86.6 Å². The van der Waals surface area contributed by atoms with Crippen LogP contribution in [0.5, 0.6) is 5.75 Å². The fraction of sp³-hybridized carbons (Fsp3) is 0.200. The molecule has 16 heavy (non-hydrogen) atoms. The molecule has 0 atom stereocenters. The van der Waals surface area contributed by atoms with Gasteiger partial charge in [0.1, 0.15) is 11.3 Å². The van der Waals surface area contributed by atoms with Gasteiger partial charge >= 0.3 is 5.97 Å². The molecular formula is C10H10ClNO4. The number of carbonyl (C=O) groups excluding carboxylic acids is 1. The minimum atomic E-state index is -1.25. The third-order valence-electron chi connectivity index (χ3n) is 1.91. The number of hydrogen-bond acceptors (Lipinski definition) is 3. The summed E-state index contributed by atoms with van der Waals surface area (Å²) in [5, 5.41) is 20.6. The van der Waals surface area contributed by atoms with Gasteiger partial charge in [-0.25, -0.2) is 4.79 Å². The highest BCUT2D eigenvalue weighted by atomic mass is 35.5. The van der Waals surface area contributed by atoms with Crippen molar-refractivity contribution in [2.45, 2.75) is 12.8 Å². The van der Waals surface area contributed by atoms with E-state index in [9.17, 15) is 14.7 Å². The maximum absolute atomic E-state index is 10.9. The number of phenols is 1. The zero-order valence-corrected chi connectivity index (χ0v) is 9.21. The smallest absolute Gasteiger partial charge is 0.339 e. The molecule has 0 spiro atoms. The Labute approximate surface area is 96.7 Å². The van der Waals surface area contributed by atoms with E-state index in [1.54, 1.807) is 0 Å². The van der Waals surface area contributed by atoms with Crippen molar-refractivity contribution in [3.63, 3.8) is 0 Å². The summed E-state index contributed by atoms with van der Waals surface area (Å²) in [6.07, 6.45) is 0. The van der Waals surface area contributed by atoms with Crippen LogP contribution in [0.3, 0.4) is 0 Å². The van der Waals surface area contributed by atoms with Gasteiger partial charge in [-0.05, 0) is 11.6 Å². The molecule has 0 bridgehead atoms. The summed E-state index contributed by atoms with van der Waals surface area (Å²) in [5.74, 6) is -1.95. The molecule has 0 aliphatic carbocycles. The van der Waals surface area contributed by atoms with Crippen molar-refractivity contribution in [2.75, 3.05) is 5.32 Å². The molecule has 1 amide bonds. The number of hydrogen-bond donors (Lipinski definition) is 3. The summed E-state index contributed by atoms with van der Waals surface area (Å²) in [6.45, 7) is 1.31. The molecule has 3 N–H and O–H groups in total. The molecule has 5 nitrogen and oxygen atoms in total. The molecule has 0 aliphatic rings. The lowest BCUT2D eigenvalue weighted by Gasteiger charge is -2.10. The second-order valence-electron chi connectivity index (χ2n) is 3.15. The highest BCUT2D eigenvalue weighted by molar-refractivity contribution is 6.17. The first-order valence-electron chi connectivity index (χ1n) is 4.38. The van der Waals surface area contributed by atoms with Crippen LogP contribution in [0.25, 0.3) is 0 Å². The maximum atomic E-state index is 10.9. The largest absolute Gasteiger partial charge is 0.507 e. The number of carboxylic acid groups (broad SMARTS) is 1. The van der Waals surface area contributed by atoms with Gasteiger partial charge < -0.3 is 15.5 Å². The molecule has 0 radical (unpaired) electrons. The Bertz CT molecular complexity index is 445. The number of amides is 1. The van der Waals surface area contributed by atoms with Crippen molar-refractivity contribution < 1.29 is 19.8 Å². The van der Waals surface area contributed by atoms with Gasteiger partial charge in [-0.15, -0.1) is 11.6 Å². The van der Waals surface area contributed by atoms with E-state index >= 15 is 0 Å². The van der Waals surface area contributed by atoms with Crippen molar-refractivity contribution in [2.24, 2.45) is 0 Å². The number of aromatic carboxylic acids is 1. The summed E-state index contributed by atoms with van der Waals surface area (Å²) in [5.41, 5.74) is 0.502. The van der Waals surface area contributed by atoms with Crippen molar-refractivity contribution >= 4 is 29.2 Å². The van der Waals surface area contributed by atoms with E-state index in [0.717, 1.165) is 0 Å². The first kappa shape index (κ1) is 12.3. The van der Waals surface area contributed by atoms with E-state index < -0.39 is 11.7 Å². The van der Waals surface area contributed by atoms with Gasteiger partial charge in [0, 0.05) is 24.6 Å². The lowest BCUT2D eigenvalue weighted by Crippen LogP contribution is -2.09. The number of aromatic hydroxyl groups is 1. The minimum Gasteiger partial charge on any atom is -0.507 e. The molecular weight excluding hydrogens is 234 g/mol. The standard InChI is InChI=1S/C10H10ClNO4/c1-5(13)12-8-3-9(14)7(10(15)16)2-6(8)4-11/h2-3,14H,4H2,1H3,(H,12,13)(H,15,16). The molecule has 0 aromatic heterocycles. The molecule has 6 heteroatoms. The van der Waals surface area contributed by atoms with Gasteiger partial charge in [-0.2, -0.15) is 0 Å². The highest BCUT2D eigenvalue weighted by Crippen LogP contribution is 2.27. The number of benzene rings is 1. The van der Waals surface area contributed by atoms with Crippen LogP contribution in [0.1, 0.15) is 22.8 Å². The van der Waals surface area contributed by atoms with Gasteiger partial charge in [-0.1, -0.05) is 0 Å². The van der Waals surface area contributed by atoms with Gasteiger partial charge in [0.05, 0.1) is 0 Å². The minimum absolute atomic E-state index is 0.0379. The molecule has 0 fully saturated rings. The predicted octanol–water partition coefficient (Wildman–Crippen LogP) is 1.79. The fourth-order valence-electron chi connectivity index (χ4n) is 1.22. The molecule has 0 unspecified atom stereocenters. The van der Waals surface area contributed by atoms with E-state index in [2.05, 4.69) is 5.32 Å². The Hall–Kier alpha value is -1.75. The molecule has 1 aromatic carbocycles. The summed E-state index contributed by atoms with van der Waals surface area (Å²) in [4.78, 5) is 21.6. The first-order chi connectivity index (χ1) is 7.45. The summed E-state index contributed by atoms with van der Waals surface area (Å²) >= 11 is 5.62. The number of halogens is 1. The van der Waals surface area contributed by atoms with Crippen LogP contribution in [-0.2, 0) is 10.7 Å². The number of rotatable bonds is 3.